The Bertz CT molecular complexity index is 547. The molecule has 3 nitrogen and oxygen atoms in total. The van der Waals surface area contributed by atoms with Crippen LogP contribution in [0.25, 0.3) is 6.08 Å². The summed E-state index contributed by atoms with van der Waals surface area (Å²) >= 11 is 2.70. The van der Waals surface area contributed by atoms with Crippen LogP contribution in [0.5, 0.6) is 5.75 Å². The highest BCUT2D eigenvalue weighted by Gasteiger charge is 2.21. The van der Waals surface area contributed by atoms with E-state index in [4.69, 9.17) is 4.74 Å². The zero-order chi connectivity index (χ0) is 13.7. The molecule has 0 radical (unpaired) electrons. The largest absolute Gasteiger partial charge is 0.497 e. The molecule has 0 unspecified atom stereocenters. The highest BCUT2D eigenvalue weighted by Crippen LogP contribution is 2.31. The van der Waals surface area contributed by atoms with E-state index in [1.165, 1.54) is 23.5 Å². The van der Waals surface area contributed by atoms with Crippen molar-refractivity contribution < 1.29 is 9.53 Å². The quantitative estimate of drug-likeness (QED) is 0.628. The van der Waals surface area contributed by atoms with E-state index in [0.29, 0.717) is 5.70 Å². The minimum atomic E-state index is -0.0117. The second kappa shape index (κ2) is 6.63. The number of aliphatic imine (C=N–C) groups is 1. The summed E-state index contributed by atoms with van der Waals surface area (Å²) in [5.74, 6) is 1.55. The lowest BCUT2D eigenvalue weighted by Gasteiger charge is -1.99. The van der Waals surface area contributed by atoms with Crippen LogP contribution in [0.1, 0.15) is 5.56 Å². The Morgan fingerprint density at radius 2 is 2.16 bits per heavy atom. The maximum Gasteiger partial charge on any atom is 0.244 e. The summed E-state index contributed by atoms with van der Waals surface area (Å²) in [5.41, 5.74) is 1.42. The number of benzene rings is 1. The molecule has 0 fully saturated rings. The molecule has 0 bridgehead atoms. The molecule has 0 N–H and O–H groups in total. The molecule has 19 heavy (non-hydrogen) atoms. The molecule has 0 saturated heterocycles. The fourth-order valence-electron chi connectivity index (χ4n) is 1.44. The summed E-state index contributed by atoms with van der Waals surface area (Å²) in [6.45, 7) is 3.65. The third-order valence-corrected chi connectivity index (χ3v) is 4.35. The summed E-state index contributed by atoms with van der Waals surface area (Å²) in [7, 11) is 1.62. The summed E-state index contributed by atoms with van der Waals surface area (Å²) in [4.78, 5) is 16.1. The zero-order valence-corrected chi connectivity index (χ0v) is 12.1. The van der Waals surface area contributed by atoms with Gasteiger partial charge in [-0.2, -0.15) is 0 Å². The van der Waals surface area contributed by atoms with Crippen molar-refractivity contribution in [3.8, 4) is 5.75 Å². The highest BCUT2D eigenvalue weighted by atomic mass is 32.2. The van der Waals surface area contributed by atoms with Gasteiger partial charge in [-0.1, -0.05) is 30.0 Å². The zero-order valence-electron chi connectivity index (χ0n) is 10.5. The van der Waals surface area contributed by atoms with Crippen molar-refractivity contribution in [1.82, 2.24) is 0 Å². The molecule has 1 aromatic rings. The predicted molar refractivity (Wildman–Crippen MR) is 83.7 cm³/mol. The number of carbonyl (C=O) groups excluding carboxylic acids is 1. The van der Waals surface area contributed by atoms with Crippen LogP contribution in [-0.4, -0.2) is 22.4 Å². The van der Waals surface area contributed by atoms with Gasteiger partial charge < -0.3 is 4.74 Å². The molecule has 0 amide bonds. The first-order valence-corrected chi connectivity index (χ1v) is 7.43. The Morgan fingerprint density at radius 3 is 2.79 bits per heavy atom. The van der Waals surface area contributed by atoms with Gasteiger partial charge in [-0.15, -0.1) is 6.58 Å². The molecule has 0 saturated carbocycles. The van der Waals surface area contributed by atoms with Crippen LogP contribution in [0.3, 0.4) is 0 Å². The van der Waals surface area contributed by atoms with Crippen LogP contribution in [0, 0.1) is 0 Å². The number of carbonyl (C=O) groups is 1. The molecule has 0 spiro atoms. The summed E-state index contributed by atoms with van der Waals surface area (Å²) < 4.78 is 5.87. The van der Waals surface area contributed by atoms with Gasteiger partial charge in [0, 0.05) is 5.75 Å². The van der Waals surface area contributed by atoms with Crippen molar-refractivity contribution in [3.63, 3.8) is 0 Å². The Kier molecular flexibility index (Phi) is 4.87. The third-order valence-electron chi connectivity index (χ3n) is 2.34. The smallest absolute Gasteiger partial charge is 0.244 e. The first-order valence-electron chi connectivity index (χ1n) is 5.63. The van der Waals surface area contributed by atoms with E-state index in [0.717, 1.165) is 21.4 Å². The lowest BCUT2D eigenvalue weighted by molar-refractivity contribution is -0.107. The van der Waals surface area contributed by atoms with E-state index < -0.39 is 0 Å². The lowest BCUT2D eigenvalue weighted by Crippen LogP contribution is -1.88. The number of hydrogen-bond donors (Lipinski definition) is 0. The number of ether oxygens (including phenoxy) is 1. The van der Waals surface area contributed by atoms with Crippen molar-refractivity contribution in [2.45, 2.75) is 0 Å². The van der Waals surface area contributed by atoms with E-state index >= 15 is 0 Å². The van der Waals surface area contributed by atoms with Crippen LogP contribution >= 0.6 is 23.5 Å². The van der Waals surface area contributed by atoms with Crippen LogP contribution in [0.4, 0.5) is 0 Å². The normalized spacial score (nSPS) is 16.6. The van der Waals surface area contributed by atoms with E-state index in [2.05, 4.69) is 11.6 Å². The van der Waals surface area contributed by atoms with Gasteiger partial charge in [-0.25, -0.2) is 4.99 Å². The molecule has 0 aliphatic carbocycles. The van der Waals surface area contributed by atoms with E-state index in [-0.39, 0.29) is 5.12 Å². The van der Waals surface area contributed by atoms with Crippen LogP contribution in [0.15, 0.2) is 47.6 Å². The Morgan fingerprint density at radius 1 is 1.42 bits per heavy atom. The van der Waals surface area contributed by atoms with Crippen LogP contribution in [-0.2, 0) is 4.79 Å². The predicted octanol–water partition coefficient (Wildman–Crippen LogP) is 3.58. The van der Waals surface area contributed by atoms with E-state index in [1.807, 2.05) is 24.3 Å². The van der Waals surface area contributed by atoms with Gasteiger partial charge in [0.1, 0.15) is 15.8 Å². The van der Waals surface area contributed by atoms with Gasteiger partial charge in [0.05, 0.1) is 7.11 Å². The fraction of sp³-hybridized carbons (Fsp3) is 0.143. The Balaban J connectivity index is 2.15. The SMILES string of the molecule is C=CCSC1=N/C(=C/c2ccc(OC)cc2)C(=O)S1. The fourth-order valence-corrected chi connectivity index (χ4v) is 3.04. The molecule has 1 aromatic carbocycles. The first kappa shape index (κ1) is 14.0. The first-order chi connectivity index (χ1) is 9.22. The average molecular weight is 291 g/mol. The maximum atomic E-state index is 11.8. The maximum absolute atomic E-state index is 11.8. The molecular formula is C14H13NO2S2. The summed E-state index contributed by atoms with van der Waals surface area (Å²) in [6, 6.07) is 7.51. The lowest BCUT2D eigenvalue weighted by atomic mass is 10.2. The van der Waals surface area contributed by atoms with E-state index in [1.54, 1.807) is 19.3 Å². The molecule has 1 heterocycles. The number of methoxy groups -OCH3 is 1. The number of nitrogens with zero attached hydrogens (tertiary/aromatic N) is 1. The molecule has 0 aromatic heterocycles. The summed E-state index contributed by atoms with van der Waals surface area (Å²) in [5, 5.41) is -0.0117. The number of thioether (sulfide) groups is 2. The summed E-state index contributed by atoms with van der Waals surface area (Å²) in [6.07, 6.45) is 3.58. The van der Waals surface area contributed by atoms with Crippen molar-refractivity contribution in [2.24, 2.45) is 4.99 Å². The van der Waals surface area contributed by atoms with Gasteiger partial charge in [0.15, 0.2) is 0 Å². The van der Waals surface area contributed by atoms with Crippen molar-refractivity contribution in [1.29, 1.82) is 0 Å². The van der Waals surface area contributed by atoms with E-state index in [9.17, 15) is 4.79 Å². The topological polar surface area (TPSA) is 38.7 Å². The second-order valence-electron chi connectivity index (χ2n) is 3.67. The third kappa shape index (κ3) is 3.75. The van der Waals surface area contributed by atoms with Gasteiger partial charge in [-0.05, 0) is 35.5 Å². The molecule has 98 valence electrons. The van der Waals surface area contributed by atoms with Crippen molar-refractivity contribution in [3.05, 3.63) is 48.2 Å². The monoisotopic (exact) mass is 291 g/mol. The minimum Gasteiger partial charge on any atom is -0.497 e. The van der Waals surface area contributed by atoms with Gasteiger partial charge in [0.25, 0.3) is 0 Å². The minimum absolute atomic E-state index is 0.0117. The Hall–Kier alpha value is -1.46. The van der Waals surface area contributed by atoms with Gasteiger partial charge in [0.2, 0.25) is 5.12 Å². The number of hydrogen-bond acceptors (Lipinski definition) is 5. The van der Waals surface area contributed by atoms with Crippen LogP contribution in [0.2, 0.25) is 0 Å². The molecule has 2 rings (SSSR count). The van der Waals surface area contributed by atoms with Crippen molar-refractivity contribution in [2.75, 3.05) is 12.9 Å². The molecule has 0 atom stereocenters. The molecule has 5 heteroatoms. The van der Waals surface area contributed by atoms with Gasteiger partial charge >= 0.3 is 0 Å². The Labute approximate surface area is 120 Å². The molecule has 1 aliphatic rings. The molecule has 1 aliphatic heterocycles. The van der Waals surface area contributed by atoms with Crippen molar-refractivity contribution >= 4 is 39.1 Å². The second-order valence-corrected chi connectivity index (χ2v) is 5.90. The van der Waals surface area contributed by atoms with Gasteiger partial charge in [-0.3, -0.25) is 4.79 Å². The average Bonchev–Trinajstić information content (AvgIpc) is 2.78. The molecular weight excluding hydrogens is 278 g/mol. The highest BCUT2D eigenvalue weighted by molar-refractivity contribution is 8.45. The number of rotatable bonds is 4. The van der Waals surface area contributed by atoms with Crippen LogP contribution < -0.4 is 4.74 Å². The standard InChI is InChI=1S/C14H13NO2S2/c1-3-8-18-14-15-12(13(16)19-14)9-10-4-6-11(17-2)7-5-10/h3-7,9H,1,8H2,2H3/b12-9+.